The van der Waals surface area contributed by atoms with Crippen molar-refractivity contribution in [1.29, 1.82) is 0 Å². The number of aliphatic carboxylic acids is 1. The molecule has 0 spiro atoms. The Kier molecular flexibility index (Phi) is 5.93. The number of carbonyl (C=O) groups is 1. The number of benzene rings is 2. The van der Waals surface area contributed by atoms with Crippen LogP contribution < -0.4 is 9.47 Å². The summed E-state index contributed by atoms with van der Waals surface area (Å²) in [4.78, 5) is 15.0. The molecule has 0 bridgehead atoms. The summed E-state index contributed by atoms with van der Waals surface area (Å²) in [5, 5.41) is 10.4. The number of nitrogens with one attached hydrogen (secondary N) is 1. The lowest BCUT2D eigenvalue weighted by atomic mass is 9.97. The van der Waals surface area contributed by atoms with Crippen LogP contribution in [0.3, 0.4) is 0 Å². The highest BCUT2D eigenvalue weighted by atomic mass is 16.5. The van der Waals surface area contributed by atoms with E-state index >= 15 is 0 Å². The molecule has 1 aromatic heterocycles. The van der Waals surface area contributed by atoms with Crippen molar-refractivity contribution >= 4 is 16.9 Å². The van der Waals surface area contributed by atoms with Crippen LogP contribution in [0.4, 0.5) is 0 Å². The molecule has 0 fully saturated rings. The molecule has 148 valence electrons. The van der Waals surface area contributed by atoms with Crippen molar-refractivity contribution in [2.75, 3.05) is 13.2 Å². The van der Waals surface area contributed by atoms with Gasteiger partial charge in [0.2, 0.25) is 0 Å². The van der Waals surface area contributed by atoms with Gasteiger partial charge in [-0.05, 0) is 61.2 Å². The van der Waals surface area contributed by atoms with E-state index in [9.17, 15) is 9.90 Å². The molecule has 2 aromatic carbocycles. The average Bonchev–Trinajstić information content (AvgIpc) is 3.00. The minimum atomic E-state index is -0.854. The number of carboxylic acids is 1. The zero-order valence-electron chi connectivity index (χ0n) is 16.8. The second-order valence-electron chi connectivity index (χ2n) is 7.04. The molecular weight excluding hydrogens is 354 g/mol. The first-order valence-electron chi connectivity index (χ1n) is 9.70. The molecule has 2 N–H and O–H groups in total. The van der Waals surface area contributed by atoms with Crippen molar-refractivity contribution in [3.8, 4) is 22.8 Å². The highest BCUT2D eigenvalue weighted by molar-refractivity contribution is 5.94. The smallest absolute Gasteiger partial charge is 0.307 e. The van der Waals surface area contributed by atoms with E-state index in [1.807, 2.05) is 38.1 Å². The second-order valence-corrected chi connectivity index (χ2v) is 7.04. The van der Waals surface area contributed by atoms with E-state index < -0.39 is 5.97 Å². The SMILES string of the molecule is CCOc1ccc(-c2[nH]c3ccc(C(C)C)cc3c2CC(=O)O)cc1OCC. The van der Waals surface area contributed by atoms with E-state index in [1.54, 1.807) is 0 Å². The van der Waals surface area contributed by atoms with E-state index in [2.05, 4.69) is 31.0 Å². The molecule has 3 aromatic rings. The van der Waals surface area contributed by atoms with E-state index in [0.717, 1.165) is 27.7 Å². The fourth-order valence-corrected chi connectivity index (χ4v) is 3.41. The van der Waals surface area contributed by atoms with Crippen molar-refractivity contribution in [2.24, 2.45) is 0 Å². The first-order chi connectivity index (χ1) is 13.4. The molecule has 0 saturated heterocycles. The maximum atomic E-state index is 11.6. The van der Waals surface area contributed by atoms with Gasteiger partial charge < -0.3 is 19.6 Å². The topological polar surface area (TPSA) is 71.6 Å². The Bertz CT molecular complexity index is 988. The van der Waals surface area contributed by atoms with E-state index in [-0.39, 0.29) is 6.42 Å². The van der Waals surface area contributed by atoms with Crippen LogP contribution in [0, 0.1) is 0 Å². The molecule has 5 nitrogen and oxygen atoms in total. The molecule has 0 aliphatic carbocycles. The first kappa shape index (κ1) is 19.8. The summed E-state index contributed by atoms with van der Waals surface area (Å²) in [6.07, 6.45) is -0.0476. The van der Waals surface area contributed by atoms with Crippen LogP contribution in [0.1, 0.15) is 44.7 Å². The Labute approximate surface area is 165 Å². The highest BCUT2D eigenvalue weighted by Gasteiger charge is 2.18. The summed E-state index contributed by atoms with van der Waals surface area (Å²) in [5.41, 5.74) is 4.60. The van der Waals surface area contributed by atoms with Crippen LogP contribution in [0.25, 0.3) is 22.2 Å². The Morgan fingerprint density at radius 2 is 1.75 bits per heavy atom. The van der Waals surface area contributed by atoms with Gasteiger partial charge in [0.25, 0.3) is 0 Å². The zero-order chi connectivity index (χ0) is 20.3. The third-order valence-corrected chi connectivity index (χ3v) is 4.76. The molecule has 0 atom stereocenters. The Morgan fingerprint density at radius 3 is 2.39 bits per heavy atom. The fourth-order valence-electron chi connectivity index (χ4n) is 3.41. The monoisotopic (exact) mass is 381 g/mol. The van der Waals surface area contributed by atoms with Crippen LogP contribution in [0.2, 0.25) is 0 Å². The molecule has 0 aliphatic rings. The highest BCUT2D eigenvalue weighted by Crippen LogP contribution is 2.37. The number of carboxylic acid groups (broad SMARTS) is 1. The third-order valence-electron chi connectivity index (χ3n) is 4.76. The molecule has 1 heterocycles. The molecule has 0 radical (unpaired) electrons. The maximum Gasteiger partial charge on any atom is 0.307 e. The van der Waals surface area contributed by atoms with Crippen LogP contribution in [0.5, 0.6) is 11.5 Å². The minimum Gasteiger partial charge on any atom is -0.490 e. The molecule has 0 amide bonds. The predicted octanol–water partition coefficient (Wildman–Crippen LogP) is 5.38. The van der Waals surface area contributed by atoms with Gasteiger partial charge in [-0.2, -0.15) is 0 Å². The Morgan fingerprint density at radius 1 is 1.04 bits per heavy atom. The van der Waals surface area contributed by atoms with Gasteiger partial charge in [-0.15, -0.1) is 0 Å². The van der Waals surface area contributed by atoms with Crippen molar-refractivity contribution in [3.05, 3.63) is 47.5 Å². The van der Waals surface area contributed by atoms with Gasteiger partial charge in [0, 0.05) is 16.5 Å². The van der Waals surface area contributed by atoms with Crippen molar-refractivity contribution in [2.45, 2.75) is 40.0 Å². The minimum absolute atomic E-state index is 0.0476. The van der Waals surface area contributed by atoms with Crippen molar-refractivity contribution in [1.82, 2.24) is 4.98 Å². The standard InChI is InChI=1S/C23H27NO4/c1-5-27-20-10-8-16(12-21(20)28-6-2)23-18(13-22(25)26)17-11-15(14(3)4)7-9-19(17)24-23/h7-12,14,24H,5-6,13H2,1-4H3,(H,25,26). The molecule has 3 rings (SSSR count). The van der Waals surface area contributed by atoms with E-state index in [4.69, 9.17) is 9.47 Å². The van der Waals surface area contributed by atoms with Gasteiger partial charge in [0.05, 0.1) is 25.3 Å². The third kappa shape index (κ3) is 3.98. The van der Waals surface area contributed by atoms with Crippen molar-refractivity contribution < 1.29 is 19.4 Å². The lowest BCUT2D eigenvalue weighted by Crippen LogP contribution is -2.02. The van der Waals surface area contributed by atoms with Crippen LogP contribution in [-0.2, 0) is 11.2 Å². The predicted molar refractivity (Wildman–Crippen MR) is 112 cm³/mol. The summed E-state index contributed by atoms with van der Waals surface area (Å²) in [5.74, 6) is 0.860. The van der Waals surface area contributed by atoms with Crippen molar-refractivity contribution in [3.63, 3.8) is 0 Å². The Hall–Kier alpha value is -2.95. The van der Waals surface area contributed by atoms with Crippen LogP contribution in [0.15, 0.2) is 36.4 Å². The number of ether oxygens (including phenoxy) is 2. The molecular formula is C23H27NO4. The number of H-pyrrole nitrogens is 1. The first-order valence-corrected chi connectivity index (χ1v) is 9.70. The Balaban J connectivity index is 2.18. The number of hydrogen-bond acceptors (Lipinski definition) is 3. The van der Waals surface area contributed by atoms with Gasteiger partial charge in [-0.3, -0.25) is 4.79 Å². The lowest BCUT2D eigenvalue weighted by molar-refractivity contribution is -0.136. The number of rotatable bonds is 8. The molecule has 5 heteroatoms. The quantitative estimate of drug-likeness (QED) is 0.549. The second kappa shape index (κ2) is 8.38. The average molecular weight is 381 g/mol. The molecule has 0 unspecified atom stereocenters. The molecule has 28 heavy (non-hydrogen) atoms. The van der Waals surface area contributed by atoms with Crippen LogP contribution in [-0.4, -0.2) is 29.3 Å². The maximum absolute atomic E-state index is 11.6. The zero-order valence-corrected chi connectivity index (χ0v) is 16.8. The number of aromatic nitrogens is 1. The van der Waals surface area contributed by atoms with Gasteiger partial charge in [0.15, 0.2) is 11.5 Å². The largest absolute Gasteiger partial charge is 0.490 e. The summed E-state index contributed by atoms with van der Waals surface area (Å²) in [7, 11) is 0. The van der Waals surface area contributed by atoms with Gasteiger partial charge >= 0.3 is 5.97 Å². The number of fused-ring (bicyclic) bond motifs is 1. The van der Waals surface area contributed by atoms with E-state index in [0.29, 0.717) is 30.6 Å². The fraction of sp³-hybridized carbons (Fsp3) is 0.348. The van der Waals surface area contributed by atoms with Gasteiger partial charge in [0.1, 0.15) is 0 Å². The van der Waals surface area contributed by atoms with Crippen LogP contribution >= 0.6 is 0 Å². The molecule has 0 aliphatic heterocycles. The summed E-state index contributed by atoms with van der Waals surface area (Å²) < 4.78 is 11.4. The normalized spacial score (nSPS) is 11.2. The van der Waals surface area contributed by atoms with E-state index in [1.165, 1.54) is 5.56 Å². The number of aromatic amines is 1. The van der Waals surface area contributed by atoms with Gasteiger partial charge in [-0.25, -0.2) is 0 Å². The summed E-state index contributed by atoms with van der Waals surface area (Å²) in [6.45, 7) is 9.19. The lowest BCUT2D eigenvalue weighted by Gasteiger charge is -2.12. The molecule has 0 saturated carbocycles. The number of hydrogen-bond donors (Lipinski definition) is 2. The summed E-state index contributed by atoms with van der Waals surface area (Å²) >= 11 is 0. The van der Waals surface area contributed by atoms with Gasteiger partial charge in [-0.1, -0.05) is 19.9 Å². The summed E-state index contributed by atoms with van der Waals surface area (Å²) in [6, 6.07) is 11.9.